The van der Waals surface area contributed by atoms with Crippen LogP contribution in [0.4, 0.5) is 0 Å². The number of carbonyl (C=O) groups excluding carboxylic acids is 1. The molecule has 0 saturated carbocycles. The van der Waals surface area contributed by atoms with Crippen molar-refractivity contribution >= 4 is 5.91 Å². The number of fused-ring (bicyclic) bond motifs is 2. The van der Waals surface area contributed by atoms with Crippen molar-refractivity contribution in [3.8, 4) is 0 Å². The third-order valence-electron chi connectivity index (χ3n) is 4.55. The average Bonchev–Trinajstić information content (AvgIpc) is 2.78. The predicted molar refractivity (Wildman–Crippen MR) is 78.1 cm³/mol. The molecule has 2 aliphatic rings. The molecule has 2 aliphatic heterocycles. The zero-order chi connectivity index (χ0) is 13.9. The maximum Gasteiger partial charge on any atom is 0.220 e. The van der Waals surface area contributed by atoms with E-state index >= 15 is 0 Å². The van der Waals surface area contributed by atoms with Gasteiger partial charge in [0.2, 0.25) is 5.91 Å². The van der Waals surface area contributed by atoms with Crippen LogP contribution in [0.25, 0.3) is 0 Å². The van der Waals surface area contributed by atoms with E-state index < -0.39 is 0 Å². The van der Waals surface area contributed by atoms with Crippen molar-refractivity contribution in [2.75, 3.05) is 0 Å². The first-order chi connectivity index (χ1) is 9.70. The number of nitrogens with one attached hydrogen (secondary N) is 2. The lowest BCUT2D eigenvalue weighted by Gasteiger charge is -2.29. The molecular formula is C16H23N3O. The summed E-state index contributed by atoms with van der Waals surface area (Å²) in [6.45, 7) is 1.99. The fourth-order valence-corrected chi connectivity index (χ4v) is 3.61. The smallest absolute Gasteiger partial charge is 0.220 e. The van der Waals surface area contributed by atoms with E-state index in [4.69, 9.17) is 0 Å². The minimum Gasteiger partial charge on any atom is -0.348 e. The number of nitrogens with zero attached hydrogens (tertiary/aromatic N) is 1. The summed E-state index contributed by atoms with van der Waals surface area (Å²) in [4.78, 5) is 16.5. The van der Waals surface area contributed by atoms with Gasteiger partial charge in [-0.25, -0.2) is 0 Å². The first-order valence-corrected chi connectivity index (χ1v) is 7.67. The third-order valence-corrected chi connectivity index (χ3v) is 4.55. The molecule has 2 fully saturated rings. The highest BCUT2D eigenvalue weighted by Crippen LogP contribution is 2.32. The van der Waals surface area contributed by atoms with Crippen molar-refractivity contribution in [3.05, 3.63) is 30.1 Å². The van der Waals surface area contributed by atoms with Gasteiger partial charge in [0, 0.05) is 24.7 Å². The second-order valence-corrected chi connectivity index (χ2v) is 6.22. The molecule has 0 spiro atoms. The Bertz CT molecular complexity index is 450. The van der Waals surface area contributed by atoms with Gasteiger partial charge >= 0.3 is 0 Å². The Morgan fingerprint density at radius 3 is 2.80 bits per heavy atom. The lowest BCUT2D eigenvalue weighted by molar-refractivity contribution is -0.123. The number of hydrogen-bond acceptors (Lipinski definition) is 3. The first kappa shape index (κ1) is 13.6. The van der Waals surface area contributed by atoms with Crippen LogP contribution in [0.15, 0.2) is 24.4 Å². The molecule has 1 amide bonds. The summed E-state index contributed by atoms with van der Waals surface area (Å²) in [6, 6.07) is 7.09. The van der Waals surface area contributed by atoms with Crippen molar-refractivity contribution in [3.63, 3.8) is 0 Å². The number of piperidine rings is 1. The van der Waals surface area contributed by atoms with E-state index in [1.807, 2.05) is 25.1 Å². The molecule has 1 aromatic rings. The van der Waals surface area contributed by atoms with Crippen molar-refractivity contribution in [1.82, 2.24) is 15.6 Å². The minimum atomic E-state index is -0.0119. The van der Waals surface area contributed by atoms with E-state index in [-0.39, 0.29) is 11.9 Å². The van der Waals surface area contributed by atoms with Crippen LogP contribution in [0, 0.1) is 5.92 Å². The summed E-state index contributed by atoms with van der Waals surface area (Å²) in [7, 11) is 0. The Morgan fingerprint density at radius 1 is 1.40 bits per heavy atom. The summed E-state index contributed by atoms with van der Waals surface area (Å²) < 4.78 is 0. The Balaban J connectivity index is 1.50. The molecule has 0 aromatic carbocycles. The van der Waals surface area contributed by atoms with E-state index in [0.717, 1.165) is 18.5 Å². The van der Waals surface area contributed by atoms with Gasteiger partial charge in [-0.2, -0.15) is 0 Å². The maximum atomic E-state index is 12.2. The molecule has 3 heterocycles. The fourth-order valence-electron chi connectivity index (χ4n) is 3.61. The van der Waals surface area contributed by atoms with Gasteiger partial charge in [-0.1, -0.05) is 6.07 Å². The fraction of sp³-hybridized carbons (Fsp3) is 0.625. The average molecular weight is 273 g/mol. The quantitative estimate of drug-likeness (QED) is 0.884. The molecule has 2 saturated heterocycles. The highest BCUT2D eigenvalue weighted by atomic mass is 16.1. The van der Waals surface area contributed by atoms with Crippen LogP contribution >= 0.6 is 0 Å². The van der Waals surface area contributed by atoms with Gasteiger partial charge in [0.05, 0.1) is 11.7 Å². The Labute approximate surface area is 120 Å². The van der Waals surface area contributed by atoms with Crippen molar-refractivity contribution in [1.29, 1.82) is 0 Å². The lowest BCUT2D eigenvalue weighted by atomic mass is 9.89. The molecule has 108 valence electrons. The van der Waals surface area contributed by atoms with Gasteiger partial charge in [-0.3, -0.25) is 9.78 Å². The molecule has 1 aromatic heterocycles. The van der Waals surface area contributed by atoms with Gasteiger partial charge in [-0.15, -0.1) is 0 Å². The van der Waals surface area contributed by atoms with Crippen molar-refractivity contribution in [2.45, 2.75) is 57.2 Å². The van der Waals surface area contributed by atoms with Crippen LogP contribution < -0.4 is 10.6 Å². The van der Waals surface area contributed by atoms with Crippen LogP contribution in [-0.2, 0) is 4.79 Å². The molecule has 3 atom stereocenters. The standard InChI is InChI=1S/C16H23N3O/c1-11(15-4-2-3-7-17-15)18-16(20)10-12-8-13-5-6-14(9-12)19-13/h2-4,7,11-14,19H,5-6,8-10H2,1H3,(H,18,20)/t11-,12?,13?,14?/m0/s1. The van der Waals surface area contributed by atoms with E-state index in [1.165, 1.54) is 12.8 Å². The predicted octanol–water partition coefficient (Wildman–Crippen LogP) is 2.18. The summed E-state index contributed by atoms with van der Waals surface area (Å²) in [5, 5.41) is 6.69. The lowest BCUT2D eigenvalue weighted by Crippen LogP contribution is -2.40. The highest BCUT2D eigenvalue weighted by Gasteiger charge is 2.34. The van der Waals surface area contributed by atoms with Crippen LogP contribution in [0.5, 0.6) is 0 Å². The van der Waals surface area contributed by atoms with Gasteiger partial charge in [0.1, 0.15) is 0 Å². The summed E-state index contributed by atoms with van der Waals surface area (Å²) in [5.74, 6) is 0.708. The second-order valence-electron chi connectivity index (χ2n) is 6.22. The summed E-state index contributed by atoms with van der Waals surface area (Å²) in [5.41, 5.74) is 0.922. The molecule has 2 N–H and O–H groups in total. The molecule has 0 radical (unpaired) electrons. The van der Waals surface area contributed by atoms with Crippen LogP contribution in [0.2, 0.25) is 0 Å². The molecule has 4 heteroatoms. The van der Waals surface area contributed by atoms with E-state index in [9.17, 15) is 4.79 Å². The number of carbonyl (C=O) groups is 1. The van der Waals surface area contributed by atoms with Crippen molar-refractivity contribution < 1.29 is 4.79 Å². The molecular weight excluding hydrogens is 250 g/mol. The third kappa shape index (κ3) is 3.18. The number of hydrogen-bond donors (Lipinski definition) is 2. The van der Waals surface area contributed by atoms with Crippen LogP contribution in [0.1, 0.15) is 50.8 Å². The molecule has 20 heavy (non-hydrogen) atoms. The number of amides is 1. The zero-order valence-corrected chi connectivity index (χ0v) is 12.0. The normalized spacial score (nSPS) is 29.9. The molecule has 0 aliphatic carbocycles. The van der Waals surface area contributed by atoms with Gasteiger partial charge < -0.3 is 10.6 Å². The first-order valence-electron chi connectivity index (χ1n) is 7.67. The van der Waals surface area contributed by atoms with E-state index in [0.29, 0.717) is 24.4 Å². The number of aromatic nitrogens is 1. The highest BCUT2D eigenvalue weighted by molar-refractivity contribution is 5.76. The van der Waals surface area contributed by atoms with E-state index in [1.54, 1.807) is 6.20 Å². The van der Waals surface area contributed by atoms with Gasteiger partial charge in [0.25, 0.3) is 0 Å². The Kier molecular flexibility index (Phi) is 4.01. The summed E-state index contributed by atoms with van der Waals surface area (Å²) in [6.07, 6.45) is 7.30. The van der Waals surface area contributed by atoms with E-state index in [2.05, 4.69) is 15.6 Å². The Hall–Kier alpha value is -1.42. The van der Waals surface area contributed by atoms with Crippen LogP contribution in [-0.4, -0.2) is 23.0 Å². The molecule has 3 rings (SSSR count). The largest absolute Gasteiger partial charge is 0.348 e. The second kappa shape index (κ2) is 5.92. The molecule has 4 nitrogen and oxygen atoms in total. The zero-order valence-electron chi connectivity index (χ0n) is 12.0. The van der Waals surface area contributed by atoms with Gasteiger partial charge in [0.15, 0.2) is 0 Å². The van der Waals surface area contributed by atoms with Crippen LogP contribution in [0.3, 0.4) is 0 Å². The molecule has 2 bridgehead atoms. The number of rotatable bonds is 4. The SMILES string of the molecule is C[C@H](NC(=O)CC1CC2CCC(C1)N2)c1ccccn1. The number of pyridine rings is 1. The molecule has 2 unspecified atom stereocenters. The van der Waals surface area contributed by atoms with Gasteiger partial charge in [-0.05, 0) is 50.7 Å². The van der Waals surface area contributed by atoms with Crippen molar-refractivity contribution in [2.24, 2.45) is 5.92 Å². The monoisotopic (exact) mass is 273 g/mol. The Morgan fingerprint density at radius 2 is 2.15 bits per heavy atom. The summed E-state index contributed by atoms with van der Waals surface area (Å²) >= 11 is 0. The minimum absolute atomic E-state index is 0.0119. The maximum absolute atomic E-state index is 12.2. The topological polar surface area (TPSA) is 54.0 Å².